The van der Waals surface area contributed by atoms with Crippen LogP contribution in [0.1, 0.15) is 25.7 Å². The van der Waals surface area contributed by atoms with Crippen molar-refractivity contribution in [3.05, 3.63) is 23.3 Å². The minimum Gasteiger partial charge on any atom is -0.393 e. The van der Waals surface area contributed by atoms with Crippen LogP contribution >= 0.6 is 0 Å². The summed E-state index contributed by atoms with van der Waals surface area (Å²) in [7, 11) is 0. The van der Waals surface area contributed by atoms with Crippen LogP contribution in [0.25, 0.3) is 0 Å². The van der Waals surface area contributed by atoms with Crippen LogP contribution in [0.5, 0.6) is 0 Å². The molecule has 2 fully saturated rings. The van der Waals surface area contributed by atoms with Crippen LogP contribution in [0.2, 0.25) is 0 Å². The SMILES string of the molecule is O=C1OC(=O)[C@H]2[C@@H]3C=C[C@@H]([C@H]4C5=C(CCCC5)[C@H]34)[C@@H]12. The van der Waals surface area contributed by atoms with E-state index in [4.69, 9.17) is 4.74 Å². The van der Waals surface area contributed by atoms with E-state index in [9.17, 15) is 9.59 Å². The molecule has 0 radical (unpaired) electrons. The average Bonchev–Trinajstić information content (AvgIpc) is 2.72. The van der Waals surface area contributed by atoms with Crippen molar-refractivity contribution < 1.29 is 14.3 Å². The predicted octanol–water partition coefficient (Wildman–Crippen LogP) is 2.23. The molecule has 1 saturated carbocycles. The van der Waals surface area contributed by atoms with E-state index < -0.39 is 0 Å². The number of ether oxygens (including phenoxy) is 1. The van der Waals surface area contributed by atoms with Crippen molar-refractivity contribution in [3.63, 3.8) is 0 Å². The van der Waals surface area contributed by atoms with E-state index in [0.29, 0.717) is 11.8 Å². The zero-order valence-electron chi connectivity index (χ0n) is 10.7. The Morgan fingerprint density at radius 2 is 1.26 bits per heavy atom. The number of hydrogen-bond acceptors (Lipinski definition) is 3. The molecule has 0 amide bonds. The van der Waals surface area contributed by atoms with Crippen LogP contribution in [0.4, 0.5) is 0 Å². The van der Waals surface area contributed by atoms with Crippen LogP contribution in [-0.2, 0) is 14.3 Å². The summed E-state index contributed by atoms with van der Waals surface area (Å²) in [5, 5.41) is 0. The van der Waals surface area contributed by atoms with Gasteiger partial charge in [-0.15, -0.1) is 0 Å². The third kappa shape index (κ3) is 1.03. The maximum Gasteiger partial charge on any atom is 0.318 e. The Balaban J connectivity index is 1.64. The Bertz CT molecular complexity index is 523. The molecule has 6 atom stereocenters. The number of esters is 2. The van der Waals surface area contributed by atoms with E-state index in [2.05, 4.69) is 12.2 Å². The van der Waals surface area contributed by atoms with E-state index >= 15 is 0 Å². The molecule has 0 N–H and O–H groups in total. The first-order chi connectivity index (χ1) is 9.27. The summed E-state index contributed by atoms with van der Waals surface area (Å²) >= 11 is 0. The quantitative estimate of drug-likeness (QED) is 0.379. The Morgan fingerprint density at radius 1 is 0.789 bits per heavy atom. The number of carbonyl (C=O) groups is 2. The maximum absolute atomic E-state index is 12.0. The van der Waals surface area contributed by atoms with Crippen molar-refractivity contribution in [2.24, 2.45) is 35.5 Å². The zero-order chi connectivity index (χ0) is 12.7. The molecule has 1 heterocycles. The minimum atomic E-state index is -0.266. The standard InChI is InChI=1S/C16H16O3/c17-15-13-9-5-6-10(14(13)16(18)19-15)12-8-4-2-1-3-7(8)11(9)12/h5-6,9-14H,1-4H2/t9-,10+,11-,12-,13+,14-/m1/s1. The highest BCUT2D eigenvalue weighted by molar-refractivity contribution is 5.98. The van der Waals surface area contributed by atoms with Crippen LogP contribution in [0.15, 0.2) is 23.3 Å². The van der Waals surface area contributed by atoms with Gasteiger partial charge in [0.25, 0.3) is 0 Å². The number of rotatable bonds is 0. The van der Waals surface area contributed by atoms with Crippen molar-refractivity contribution in [2.45, 2.75) is 25.7 Å². The van der Waals surface area contributed by atoms with Crippen LogP contribution in [0.3, 0.4) is 0 Å². The van der Waals surface area contributed by atoms with Gasteiger partial charge in [-0.25, -0.2) is 0 Å². The van der Waals surface area contributed by atoms with Gasteiger partial charge in [-0.05, 0) is 49.4 Å². The van der Waals surface area contributed by atoms with E-state index in [1.54, 1.807) is 11.1 Å². The van der Waals surface area contributed by atoms with Gasteiger partial charge in [0.05, 0.1) is 11.8 Å². The monoisotopic (exact) mass is 256 g/mol. The first-order valence-electron chi connectivity index (χ1n) is 7.43. The van der Waals surface area contributed by atoms with Crippen molar-refractivity contribution in [3.8, 4) is 0 Å². The highest BCUT2D eigenvalue weighted by Crippen LogP contribution is 2.65. The average molecular weight is 256 g/mol. The second kappa shape index (κ2) is 3.20. The highest BCUT2D eigenvalue weighted by atomic mass is 16.6. The maximum atomic E-state index is 12.0. The molecular weight excluding hydrogens is 240 g/mol. The molecule has 1 saturated heterocycles. The van der Waals surface area contributed by atoms with Gasteiger partial charge in [0.1, 0.15) is 0 Å². The first kappa shape index (κ1) is 10.4. The molecule has 3 heteroatoms. The normalized spacial score (nSPS) is 49.5. The molecule has 0 unspecified atom stereocenters. The van der Waals surface area contributed by atoms with Gasteiger partial charge >= 0.3 is 11.9 Å². The van der Waals surface area contributed by atoms with Crippen molar-refractivity contribution in [2.75, 3.05) is 0 Å². The molecule has 0 aromatic carbocycles. The summed E-state index contributed by atoms with van der Waals surface area (Å²) in [4.78, 5) is 23.9. The fourth-order valence-electron chi connectivity index (χ4n) is 5.50. The van der Waals surface area contributed by atoms with Crippen LogP contribution < -0.4 is 0 Å². The summed E-state index contributed by atoms with van der Waals surface area (Å²) < 4.78 is 4.93. The lowest BCUT2D eigenvalue weighted by atomic mass is 9.44. The second-order valence-electron chi connectivity index (χ2n) is 6.64. The van der Waals surface area contributed by atoms with E-state index in [1.165, 1.54) is 25.7 Å². The zero-order valence-corrected chi connectivity index (χ0v) is 10.7. The lowest BCUT2D eigenvalue weighted by Crippen LogP contribution is -2.55. The summed E-state index contributed by atoms with van der Waals surface area (Å²) in [5.74, 6) is 0.663. The van der Waals surface area contributed by atoms with E-state index in [1.807, 2.05) is 0 Å². The topological polar surface area (TPSA) is 43.4 Å². The van der Waals surface area contributed by atoms with Gasteiger partial charge in [-0.2, -0.15) is 0 Å². The summed E-state index contributed by atoms with van der Waals surface area (Å²) in [5.41, 5.74) is 3.25. The second-order valence-corrected chi connectivity index (χ2v) is 6.64. The molecule has 5 aliphatic carbocycles. The number of cyclic esters (lactones) is 2. The molecule has 0 spiro atoms. The third-order valence-electron chi connectivity index (χ3n) is 6.09. The first-order valence-corrected chi connectivity index (χ1v) is 7.43. The summed E-state index contributed by atoms with van der Waals surface area (Å²) in [6.45, 7) is 0. The molecule has 3 nitrogen and oxygen atoms in total. The molecule has 6 aliphatic rings. The van der Waals surface area contributed by atoms with Gasteiger partial charge in [0, 0.05) is 0 Å². The number of hydrogen-bond donors (Lipinski definition) is 0. The summed E-state index contributed by atoms with van der Waals surface area (Å²) in [6.07, 6.45) is 9.42. The molecule has 1 aliphatic heterocycles. The summed E-state index contributed by atoms with van der Waals surface area (Å²) in [6, 6.07) is 0. The van der Waals surface area contributed by atoms with Crippen molar-refractivity contribution in [1.82, 2.24) is 0 Å². The minimum absolute atomic E-state index is 0.181. The lowest BCUT2D eigenvalue weighted by molar-refractivity contribution is -0.154. The largest absolute Gasteiger partial charge is 0.393 e. The molecule has 0 aromatic rings. The van der Waals surface area contributed by atoms with Gasteiger partial charge < -0.3 is 4.74 Å². The van der Waals surface area contributed by atoms with Crippen molar-refractivity contribution in [1.29, 1.82) is 0 Å². The lowest BCUT2D eigenvalue weighted by Gasteiger charge is -2.58. The third-order valence-corrected chi connectivity index (χ3v) is 6.09. The Morgan fingerprint density at radius 3 is 1.74 bits per heavy atom. The van der Waals surface area contributed by atoms with Crippen LogP contribution in [-0.4, -0.2) is 11.9 Å². The van der Waals surface area contributed by atoms with Crippen LogP contribution in [0, 0.1) is 35.5 Å². The van der Waals surface area contributed by atoms with Gasteiger partial charge in [-0.3, -0.25) is 9.59 Å². The predicted molar refractivity (Wildman–Crippen MR) is 66.7 cm³/mol. The molecule has 0 aromatic heterocycles. The van der Waals surface area contributed by atoms with Crippen molar-refractivity contribution >= 4 is 11.9 Å². The number of carbonyl (C=O) groups excluding carboxylic acids is 2. The Labute approximate surface area is 111 Å². The van der Waals surface area contributed by atoms with E-state index in [0.717, 1.165) is 0 Å². The fourth-order valence-corrected chi connectivity index (χ4v) is 5.50. The highest BCUT2D eigenvalue weighted by Gasteiger charge is 2.65. The number of allylic oxidation sites excluding steroid dienone is 4. The molecule has 2 bridgehead atoms. The Kier molecular flexibility index (Phi) is 1.75. The van der Waals surface area contributed by atoms with Gasteiger partial charge in [0.2, 0.25) is 0 Å². The van der Waals surface area contributed by atoms with E-state index in [-0.39, 0.29) is 35.6 Å². The van der Waals surface area contributed by atoms with Gasteiger partial charge in [-0.1, -0.05) is 23.3 Å². The molecule has 19 heavy (non-hydrogen) atoms. The molecule has 98 valence electrons. The fraction of sp³-hybridized carbons (Fsp3) is 0.625. The Hall–Kier alpha value is -1.38. The smallest absolute Gasteiger partial charge is 0.318 e. The van der Waals surface area contributed by atoms with Gasteiger partial charge in [0.15, 0.2) is 0 Å². The molecule has 6 rings (SSSR count). The molecular formula is C16H16O3.